The predicted molar refractivity (Wildman–Crippen MR) is 83.3 cm³/mol. The Kier molecular flexibility index (Phi) is 5.37. The highest BCUT2D eigenvalue weighted by atomic mass is 16.5. The quantitative estimate of drug-likeness (QED) is 0.498. The van der Waals surface area contributed by atoms with Crippen LogP contribution in [0.5, 0.6) is 0 Å². The van der Waals surface area contributed by atoms with E-state index in [1.165, 1.54) is 12.8 Å². The van der Waals surface area contributed by atoms with Crippen molar-refractivity contribution in [1.82, 2.24) is 5.43 Å². The fourth-order valence-electron chi connectivity index (χ4n) is 2.74. The summed E-state index contributed by atoms with van der Waals surface area (Å²) in [5.74, 6) is 4.90. The molecule has 4 heteroatoms. The number of hydrazine groups is 1. The first-order chi connectivity index (χ1) is 9.98. The van der Waals surface area contributed by atoms with Crippen molar-refractivity contribution in [1.29, 1.82) is 0 Å². The number of carbonyl (C=O) groups is 1. The van der Waals surface area contributed by atoms with E-state index >= 15 is 0 Å². The molecular formula is C17H26N2O2. The Hall–Kier alpha value is -1.39. The Balaban J connectivity index is 1.77. The van der Waals surface area contributed by atoms with Crippen LogP contribution in [-0.2, 0) is 22.6 Å². The molecule has 0 bridgehead atoms. The zero-order valence-corrected chi connectivity index (χ0v) is 13.0. The number of hydrogen-bond donors (Lipinski definition) is 2. The Bertz CT molecular complexity index is 458. The molecule has 2 rings (SSSR count). The summed E-state index contributed by atoms with van der Waals surface area (Å²) in [7, 11) is 0. The van der Waals surface area contributed by atoms with Crippen molar-refractivity contribution in [2.45, 2.75) is 58.7 Å². The summed E-state index contributed by atoms with van der Waals surface area (Å²) in [5, 5.41) is 0. The van der Waals surface area contributed by atoms with Gasteiger partial charge in [0.25, 0.3) is 0 Å². The fourth-order valence-corrected chi connectivity index (χ4v) is 2.74. The molecule has 0 radical (unpaired) electrons. The molecule has 21 heavy (non-hydrogen) atoms. The molecule has 0 aliphatic heterocycles. The van der Waals surface area contributed by atoms with Gasteiger partial charge >= 0.3 is 0 Å². The average Bonchev–Trinajstić information content (AvgIpc) is 2.47. The lowest BCUT2D eigenvalue weighted by atomic mass is 9.76. The average molecular weight is 290 g/mol. The molecule has 0 atom stereocenters. The number of ether oxygens (including phenoxy) is 1. The van der Waals surface area contributed by atoms with Crippen LogP contribution in [0.2, 0.25) is 0 Å². The Morgan fingerprint density at radius 3 is 2.38 bits per heavy atom. The maximum absolute atomic E-state index is 11.2. The summed E-state index contributed by atoms with van der Waals surface area (Å²) in [6, 6.07) is 7.95. The zero-order valence-electron chi connectivity index (χ0n) is 13.0. The van der Waals surface area contributed by atoms with Crippen LogP contribution in [0.25, 0.3) is 0 Å². The smallest absolute Gasteiger partial charge is 0.238 e. The van der Waals surface area contributed by atoms with Crippen LogP contribution in [0.15, 0.2) is 24.3 Å². The van der Waals surface area contributed by atoms with E-state index < -0.39 is 0 Å². The molecule has 116 valence electrons. The Morgan fingerprint density at radius 2 is 1.81 bits per heavy atom. The monoisotopic (exact) mass is 290 g/mol. The van der Waals surface area contributed by atoms with Crippen LogP contribution in [-0.4, -0.2) is 12.0 Å². The normalized spacial score (nSPS) is 18.4. The standard InChI is InChI=1S/C17H26N2O2/c1-17(2)9-7-15(8-10-17)21-12-14-5-3-13(4-6-14)11-16(20)19-18/h3-6,15H,7-12,18H2,1-2H3,(H,19,20). The third-order valence-electron chi connectivity index (χ3n) is 4.32. The second-order valence-electron chi connectivity index (χ2n) is 6.74. The molecule has 1 saturated carbocycles. The van der Waals surface area contributed by atoms with Crippen LogP contribution in [0.3, 0.4) is 0 Å². The lowest BCUT2D eigenvalue weighted by Crippen LogP contribution is -2.31. The van der Waals surface area contributed by atoms with Crippen LogP contribution in [0, 0.1) is 5.41 Å². The minimum Gasteiger partial charge on any atom is -0.374 e. The van der Waals surface area contributed by atoms with Gasteiger partial charge in [0.15, 0.2) is 0 Å². The number of hydrogen-bond acceptors (Lipinski definition) is 3. The van der Waals surface area contributed by atoms with Crippen molar-refractivity contribution < 1.29 is 9.53 Å². The van der Waals surface area contributed by atoms with Crippen LogP contribution in [0.1, 0.15) is 50.7 Å². The van der Waals surface area contributed by atoms with Gasteiger partial charge in [0.1, 0.15) is 0 Å². The van der Waals surface area contributed by atoms with E-state index in [-0.39, 0.29) is 5.91 Å². The molecule has 0 aromatic heterocycles. The van der Waals surface area contributed by atoms with Gasteiger partial charge in [-0.15, -0.1) is 0 Å². The maximum atomic E-state index is 11.2. The van der Waals surface area contributed by atoms with Gasteiger partial charge in [-0.1, -0.05) is 38.1 Å². The second kappa shape index (κ2) is 7.05. The molecule has 0 heterocycles. The molecule has 0 unspecified atom stereocenters. The highest BCUT2D eigenvalue weighted by molar-refractivity contribution is 5.77. The lowest BCUT2D eigenvalue weighted by Gasteiger charge is -2.34. The molecule has 1 aliphatic rings. The minimum atomic E-state index is -0.177. The molecule has 3 N–H and O–H groups in total. The van der Waals surface area contributed by atoms with E-state index in [1.54, 1.807) is 0 Å². The molecular weight excluding hydrogens is 264 g/mol. The molecule has 1 aromatic rings. The van der Waals surface area contributed by atoms with E-state index in [2.05, 4.69) is 19.3 Å². The van der Waals surface area contributed by atoms with Crippen molar-refractivity contribution in [3.8, 4) is 0 Å². The summed E-state index contributed by atoms with van der Waals surface area (Å²) in [6.45, 7) is 5.31. The Labute approximate surface area is 127 Å². The number of nitrogens with two attached hydrogens (primary N) is 1. The highest BCUT2D eigenvalue weighted by Gasteiger charge is 2.27. The first kappa shape index (κ1) is 16.0. The van der Waals surface area contributed by atoms with Crippen molar-refractivity contribution in [2.75, 3.05) is 0 Å². The summed E-state index contributed by atoms with van der Waals surface area (Å²) in [5.41, 5.74) is 4.73. The Morgan fingerprint density at radius 1 is 1.24 bits per heavy atom. The molecule has 0 saturated heterocycles. The van der Waals surface area contributed by atoms with E-state index in [0.717, 1.165) is 24.0 Å². The topological polar surface area (TPSA) is 64.3 Å². The fraction of sp³-hybridized carbons (Fsp3) is 0.588. The first-order valence-corrected chi connectivity index (χ1v) is 7.67. The lowest BCUT2D eigenvalue weighted by molar-refractivity contribution is -0.120. The van der Waals surface area contributed by atoms with Gasteiger partial charge in [0.2, 0.25) is 5.91 Å². The summed E-state index contributed by atoms with van der Waals surface area (Å²) in [4.78, 5) is 11.2. The van der Waals surface area contributed by atoms with Crippen molar-refractivity contribution in [3.63, 3.8) is 0 Å². The second-order valence-corrected chi connectivity index (χ2v) is 6.74. The van der Waals surface area contributed by atoms with E-state index in [0.29, 0.717) is 24.5 Å². The number of nitrogens with one attached hydrogen (secondary N) is 1. The number of benzene rings is 1. The first-order valence-electron chi connectivity index (χ1n) is 7.67. The molecule has 1 amide bonds. The number of rotatable bonds is 5. The van der Waals surface area contributed by atoms with Crippen LogP contribution >= 0.6 is 0 Å². The van der Waals surface area contributed by atoms with Crippen LogP contribution in [0.4, 0.5) is 0 Å². The van der Waals surface area contributed by atoms with E-state index in [9.17, 15) is 4.79 Å². The third-order valence-corrected chi connectivity index (χ3v) is 4.32. The van der Waals surface area contributed by atoms with Gasteiger partial charge in [-0.25, -0.2) is 5.84 Å². The molecule has 1 fully saturated rings. The van der Waals surface area contributed by atoms with Crippen LogP contribution < -0.4 is 11.3 Å². The van der Waals surface area contributed by atoms with E-state index in [1.807, 2.05) is 24.3 Å². The van der Waals surface area contributed by atoms with Gasteiger partial charge in [0, 0.05) is 0 Å². The largest absolute Gasteiger partial charge is 0.374 e. The van der Waals surface area contributed by atoms with Crippen molar-refractivity contribution in [3.05, 3.63) is 35.4 Å². The molecule has 4 nitrogen and oxygen atoms in total. The van der Waals surface area contributed by atoms with E-state index in [4.69, 9.17) is 10.6 Å². The number of carbonyl (C=O) groups excluding carboxylic acids is 1. The predicted octanol–water partition coefficient (Wildman–Crippen LogP) is 2.70. The minimum absolute atomic E-state index is 0.177. The van der Waals surface area contributed by atoms with Gasteiger partial charge in [-0.05, 0) is 42.2 Å². The molecule has 0 spiro atoms. The summed E-state index contributed by atoms with van der Waals surface area (Å²) >= 11 is 0. The van der Waals surface area contributed by atoms with Gasteiger partial charge in [0.05, 0.1) is 19.1 Å². The van der Waals surface area contributed by atoms with Gasteiger partial charge < -0.3 is 4.74 Å². The molecule has 1 aromatic carbocycles. The SMILES string of the molecule is CC1(C)CCC(OCc2ccc(CC(=O)NN)cc2)CC1. The van der Waals surface area contributed by atoms with Gasteiger partial charge in [-0.3, -0.25) is 10.2 Å². The van der Waals surface area contributed by atoms with Gasteiger partial charge in [-0.2, -0.15) is 0 Å². The zero-order chi connectivity index (χ0) is 15.3. The highest BCUT2D eigenvalue weighted by Crippen LogP contribution is 2.36. The summed E-state index contributed by atoms with van der Waals surface area (Å²) < 4.78 is 6.01. The maximum Gasteiger partial charge on any atom is 0.238 e. The van der Waals surface area contributed by atoms with Crippen molar-refractivity contribution >= 4 is 5.91 Å². The molecule has 1 aliphatic carbocycles. The third kappa shape index (κ3) is 5.14. The van der Waals surface area contributed by atoms with Crippen molar-refractivity contribution in [2.24, 2.45) is 11.3 Å². The summed E-state index contributed by atoms with van der Waals surface area (Å²) in [6.07, 6.45) is 5.50. The number of amides is 1.